The van der Waals surface area contributed by atoms with E-state index >= 15 is 0 Å². The van der Waals surface area contributed by atoms with Crippen LogP contribution in [0, 0.1) is 0 Å². The molecule has 7 heteroatoms. The Balaban J connectivity index is 2.03. The molecule has 0 saturated carbocycles. The number of rotatable bonds is 3. The van der Waals surface area contributed by atoms with Gasteiger partial charge in [-0.25, -0.2) is 8.42 Å². The molecular formula is C17H16ClNO4S. The number of benzene rings is 2. The molecular weight excluding hydrogens is 350 g/mol. The van der Waals surface area contributed by atoms with Crippen LogP contribution in [0.4, 0.5) is 5.69 Å². The van der Waals surface area contributed by atoms with Crippen LogP contribution < -0.4 is 4.90 Å². The average Bonchev–Trinajstić information content (AvgIpc) is 2.90. The van der Waals surface area contributed by atoms with Crippen LogP contribution in [0.2, 0.25) is 5.02 Å². The van der Waals surface area contributed by atoms with Crippen molar-refractivity contribution in [2.75, 3.05) is 16.4 Å². The molecule has 1 amide bonds. The Morgan fingerprint density at radius 2 is 1.79 bits per heavy atom. The minimum atomic E-state index is -3.18. The zero-order valence-electron chi connectivity index (χ0n) is 12.7. The van der Waals surface area contributed by atoms with Gasteiger partial charge in [0, 0.05) is 10.6 Å². The molecule has 1 N–H and O–H groups in total. The lowest BCUT2D eigenvalue weighted by Crippen LogP contribution is -2.41. The lowest BCUT2D eigenvalue weighted by molar-refractivity contribution is 0.0978. The lowest BCUT2D eigenvalue weighted by atomic mass is 10.1. The third kappa shape index (κ3) is 3.39. The van der Waals surface area contributed by atoms with E-state index in [2.05, 4.69) is 0 Å². The molecule has 1 heterocycles. The van der Waals surface area contributed by atoms with E-state index in [0.717, 1.165) is 0 Å². The SMILES string of the molecule is O=C(c1ccc(Cl)cc1)N(c1ccccc1O)C1CCS(=O)(=O)C1. The zero-order valence-corrected chi connectivity index (χ0v) is 14.3. The number of carbonyl (C=O) groups excluding carboxylic acids is 1. The molecule has 0 radical (unpaired) electrons. The Morgan fingerprint density at radius 1 is 1.12 bits per heavy atom. The Bertz CT molecular complexity index is 864. The van der Waals surface area contributed by atoms with Crippen molar-refractivity contribution >= 4 is 33.0 Å². The summed E-state index contributed by atoms with van der Waals surface area (Å²) in [6, 6.07) is 12.3. The summed E-state index contributed by atoms with van der Waals surface area (Å²) in [5.74, 6) is -0.504. The van der Waals surface area contributed by atoms with Crippen molar-refractivity contribution in [1.82, 2.24) is 0 Å². The van der Waals surface area contributed by atoms with Gasteiger partial charge in [-0.1, -0.05) is 23.7 Å². The lowest BCUT2D eigenvalue weighted by Gasteiger charge is -2.29. The molecule has 1 saturated heterocycles. The first-order valence-corrected chi connectivity index (χ1v) is 9.65. The van der Waals surface area contributed by atoms with Gasteiger partial charge in [0.2, 0.25) is 0 Å². The van der Waals surface area contributed by atoms with Crippen LogP contribution in [0.3, 0.4) is 0 Å². The molecule has 1 atom stereocenters. The summed E-state index contributed by atoms with van der Waals surface area (Å²) in [4.78, 5) is 14.4. The molecule has 1 unspecified atom stereocenters. The molecule has 2 aromatic rings. The van der Waals surface area contributed by atoms with Gasteiger partial charge in [0.05, 0.1) is 23.2 Å². The van der Waals surface area contributed by atoms with Gasteiger partial charge in [-0.05, 0) is 42.8 Å². The molecule has 1 aliphatic heterocycles. The van der Waals surface area contributed by atoms with E-state index in [1.54, 1.807) is 42.5 Å². The van der Waals surface area contributed by atoms with Crippen LogP contribution in [-0.4, -0.2) is 37.0 Å². The zero-order chi connectivity index (χ0) is 17.3. The first kappa shape index (κ1) is 16.8. The van der Waals surface area contributed by atoms with Gasteiger partial charge in [0.25, 0.3) is 5.91 Å². The van der Waals surface area contributed by atoms with Crippen LogP contribution in [0.15, 0.2) is 48.5 Å². The van der Waals surface area contributed by atoms with Crippen molar-refractivity contribution in [3.8, 4) is 5.75 Å². The Hall–Kier alpha value is -2.05. The van der Waals surface area contributed by atoms with Crippen molar-refractivity contribution < 1.29 is 18.3 Å². The molecule has 1 aliphatic rings. The summed E-state index contributed by atoms with van der Waals surface area (Å²) in [6.45, 7) is 0. The molecule has 5 nitrogen and oxygen atoms in total. The van der Waals surface area contributed by atoms with Gasteiger partial charge in [-0.15, -0.1) is 0 Å². The molecule has 0 aliphatic carbocycles. The number of carbonyl (C=O) groups is 1. The molecule has 1 fully saturated rings. The van der Waals surface area contributed by atoms with E-state index in [1.807, 2.05) is 0 Å². The summed E-state index contributed by atoms with van der Waals surface area (Å²) < 4.78 is 23.7. The van der Waals surface area contributed by atoms with Gasteiger partial charge < -0.3 is 10.0 Å². The number of para-hydroxylation sites is 2. The number of nitrogens with zero attached hydrogens (tertiary/aromatic N) is 1. The standard InChI is InChI=1S/C17H16ClNO4S/c18-13-7-5-12(6-8-13)17(21)19(14-9-10-24(22,23)11-14)15-3-1-2-4-16(15)20/h1-8,14,20H,9-11H2. The van der Waals surface area contributed by atoms with Crippen molar-refractivity contribution in [2.24, 2.45) is 0 Å². The van der Waals surface area contributed by atoms with Crippen molar-refractivity contribution in [3.63, 3.8) is 0 Å². The Labute approximate surface area is 145 Å². The normalized spacial score (nSPS) is 19.1. The highest BCUT2D eigenvalue weighted by Crippen LogP contribution is 2.33. The van der Waals surface area contributed by atoms with E-state index in [0.29, 0.717) is 22.7 Å². The second-order valence-electron chi connectivity index (χ2n) is 5.73. The highest BCUT2D eigenvalue weighted by atomic mass is 35.5. The minimum Gasteiger partial charge on any atom is -0.506 e. The monoisotopic (exact) mass is 365 g/mol. The number of hydrogen-bond acceptors (Lipinski definition) is 4. The predicted molar refractivity (Wildman–Crippen MR) is 93.4 cm³/mol. The Morgan fingerprint density at radius 3 is 2.38 bits per heavy atom. The molecule has 0 spiro atoms. The first-order valence-electron chi connectivity index (χ1n) is 7.45. The minimum absolute atomic E-state index is 0.0374. The predicted octanol–water partition coefficient (Wildman–Crippen LogP) is 2.88. The van der Waals surface area contributed by atoms with Gasteiger partial charge >= 0.3 is 0 Å². The highest BCUT2D eigenvalue weighted by Gasteiger charge is 2.36. The van der Waals surface area contributed by atoms with Crippen molar-refractivity contribution in [2.45, 2.75) is 12.5 Å². The van der Waals surface area contributed by atoms with E-state index in [4.69, 9.17) is 11.6 Å². The first-order chi connectivity index (χ1) is 11.4. The number of sulfone groups is 1. The summed E-state index contributed by atoms with van der Waals surface area (Å²) in [7, 11) is -3.18. The molecule has 126 valence electrons. The fourth-order valence-corrected chi connectivity index (χ4v) is 4.68. The van der Waals surface area contributed by atoms with E-state index in [-0.39, 0.29) is 23.2 Å². The Kier molecular flexibility index (Phi) is 4.51. The number of anilines is 1. The van der Waals surface area contributed by atoms with Crippen molar-refractivity contribution in [3.05, 3.63) is 59.1 Å². The van der Waals surface area contributed by atoms with E-state index in [9.17, 15) is 18.3 Å². The maximum atomic E-state index is 13.0. The number of phenols is 1. The fraction of sp³-hybridized carbons (Fsp3) is 0.235. The van der Waals surface area contributed by atoms with Crippen LogP contribution in [-0.2, 0) is 9.84 Å². The largest absolute Gasteiger partial charge is 0.506 e. The van der Waals surface area contributed by atoms with Crippen LogP contribution in [0.5, 0.6) is 5.75 Å². The van der Waals surface area contributed by atoms with Gasteiger partial charge in [0.15, 0.2) is 9.84 Å². The topological polar surface area (TPSA) is 74.7 Å². The van der Waals surface area contributed by atoms with Crippen LogP contribution in [0.1, 0.15) is 16.8 Å². The highest BCUT2D eigenvalue weighted by molar-refractivity contribution is 7.91. The van der Waals surface area contributed by atoms with E-state index in [1.165, 1.54) is 11.0 Å². The number of amides is 1. The fourth-order valence-electron chi connectivity index (χ4n) is 2.85. The number of phenolic OH excluding ortho intramolecular Hbond substituents is 1. The van der Waals surface area contributed by atoms with Crippen LogP contribution in [0.25, 0.3) is 0 Å². The molecule has 0 bridgehead atoms. The maximum absolute atomic E-state index is 13.0. The number of hydrogen-bond donors (Lipinski definition) is 1. The van der Waals surface area contributed by atoms with Crippen molar-refractivity contribution in [1.29, 1.82) is 0 Å². The second kappa shape index (κ2) is 6.45. The third-order valence-electron chi connectivity index (χ3n) is 4.02. The molecule has 0 aromatic heterocycles. The maximum Gasteiger partial charge on any atom is 0.258 e. The molecule has 2 aromatic carbocycles. The van der Waals surface area contributed by atoms with Gasteiger partial charge in [-0.2, -0.15) is 0 Å². The smallest absolute Gasteiger partial charge is 0.258 e. The summed E-state index contributed by atoms with van der Waals surface area (Å²) >= 11 is 5.86. The third-order valence-corrected chi connectivity index (χ3v) is 6.03. The number of aromatic hydroxyl groups is 1. The van der Waals surface area contributed by atoms with Gasteiger partial charge in [-0.3, -0.25) is 4.79 Å². The molecule has 3 rings (SSSR count). The quantitative estimate of drug-likeness (QED) is 0.907. The second-order valence-corrected chi connectivity index (χ2v) is 8.39. The average molecular weight is 366 g/mol. The number of halogens is 1. The molecule has 24 heavy (non-hydrogen) atoms. The van der Waals surface area contributed by atoms with Crippen LogP contribution >= 0.6 is 11.6 Å². The summed E-state index contributed by atoms with van der Waals surface area (Å²) in [6.07, 6.45) is 0.343. The van der Waals surface area contributed by atoms with Gasteiger partial charge in [0.1, 0.15) is 5.75 Å². The summed E-state index contributed by atoms with van der Waals surface area (Å²) in [5.41, 5.74) is 0.687. The van der Waals surface area contributed by atoms with E-state index < -0.39 is 15.9 Å². The summed E-state index contributed by atoms with van der Waals surface area (Å²) in [5, 5.41) is 10.7.